The van der Waals surface area contributed by atoms with Gasteiger partial charge in [-0.3, -0.25) is 9.59 Å². The van der Waals surface area contributed by atoms with E-state index in [4.69, 9.17) is 10.00 Å². The van der Waals surface area contributed by atoms with E-state index in [0.717, 1.165) is 0 Å². The maximum atomic E-state index is 12.2. The third-order valence-corrected chi connectivity index (χ3v) is 3.67. The predicted octanol–water partition coefficient (Wildman–Crippen LogP) is 3.34. The van der Waals surface area contributed by atoms with Gasteiger partial charge >= 0.3 is 0 Å². The number of carbonyl (C=O) groups excluding carboxylic acids is 2. The lowest BCUT2D eigenvalue weighted by Crippen LogP contribution is -2.32. The van der Waals surface area contributed by atoms with Crippen molar-refractivity contribution in [3.63, 3.8) is 0 Å². The van der Waals surface area contributed by atoms with Gasteiger partial charge < -0.3 is 15.0 Å². The second-order valence-electron chi connectivity index (χ2n) is 5.56. The SMILES string of the molecule is CCOc1ccccc1N(CCC(=O)Nc1cccc(C#N)c1)C(C)=O. The number of anilines is 2. The maximum Gasteiger partial charge on any atom is 0.226 e. The number of carbonyl (C=O) groups is 2. The number of nitrogens with one attached hydrogen (secondary N) is 1. The van der Waals surface area contributed by atoms with Crippen molar-refractivity contribution >= 4 is 23.2 Å². The number of hydrogen-bond acceptors (Lipinski definition) is 4. The highest BCUT2D eigenvalue weighted by molar-refractivity contribution is 5.95. The third kappa shape index (κ3) is 5.08. The van der Waals surface area contributed by atoms with Gasteiger partial charge in [-0.05, 0) is 37.3 Å². The van der Waals surface area contributed by atoms with Crippen LogP contribution < -0.4 is 15.0 Å². The number of nitriles is 1. The molecule has 0 aromatic heterocycles. The first-order valence-electron chi connectivity index (χ1n) is 8.35. The number of amides is 2. The summed E-state index contributed by atoms with van der Waals surface area (Å²) in [6.07, 6.45) is 0.122. The zero-order valence-corrected chi connectivity index (χ0v) is 14.9. The van der Waals surface area contributed by atoms with Crippen LogP contribution in [0.2, 0.25) is 0 Å². The minimum atomic E-state index is -0.236. The van der Waals surface area contributed by atoms with Crippen LogP contribution >= 0.6 is 0 Å². The monoisotopic (exact) mass is 351 g/mol. The van der Waals surface area contributed by atoms with Crippen LogP contribution in [0.1, 0.15) is 25.8 Å². The van der Waals surface area contributed by atoms with Crippen LogP contribution in [-0.4, -0.2) is 25.0 Å². The Morgan fingerprint density at radius 1 is 1.19 bits per heavy atom. The standard InChI is InChI=1S/C20H21N3O3/c1-3-26-19-10-5-4-9-18(19)23(15(2)24)12-11-20(25)22-17-8-6-7-16(13-17)14-21/h4-10,13H,3,11-12H2,1-2H3,(H,22,25). The third-order valence-electron chi connectivity index (χ3n) is 3.67. The van der Waals surface area contributed by atoms with Crippen LogP contribution in [0.4, 0.5) is 11.4 Å². The average Bonchev–Trinajstić information content (AvgIpc) is 2.63. The lowest BCUT2D eigenvalue weighted by molar-refractivity contribution is -0.117. The molecule has 134 valence electrons. The van der Waals surface area contributed by atoms with Gasteiger partial charge in [-0.15, -0.1) is 0 Å². The molecule has 0 radical (unpaired) electrons. The molecule has 0 saturated carbocycles. The van der Waals surface area contributed by atoms with Gasteiger partial charge in [0.2, 0.25) is 11.8 Å². The highest BCUT2D eigenvalue weighted by atomic mass is 16.5. The smallest absolute Gasteiger partial charge is 0.226 e. The van der Waals surface area contributed by atoms with E-state index in [2.05, 4.69) is 5.32 Å². The molecule has 6 heteroatoms. The van der Waals surface area contributed by atoms with Crippen molar-refractivity contribution in [2.24, 2.45) is 0 Å². The average molecular weight is 351 g/mol. The maximum absolute atomic E-state index is 12.2. The first-order valence-corrected chi connectivity index (χ1v) is 8.35. The Morgan fingerprint density at radius 3 is 2.65 bits per heavy atom. The van der Waals surface area contributed by atoms with Gasteiger partial charge in [0.1, 0.15) is 5.75 Å². The van der Waals surface area contributed by atoms with Gasteiger partial charge in [-0.25, -0.2) is 0 Å². The van der Waals surface area contributed by atoms with Crippen molar-refractivity contribution in [1.82, 2.24) is 0 Å². The first kappa shape index (κ1) is 19.0. The summed E-state index contributed by atoms with van der Waals surface area (Å²) in [6, 6.07) is 16.0. The Bertz CT molecular complexity index is 827. The molecular formula is C20H21N3O3. The van der Waals surface area contributed by atoms with E-state index in [1.807, 2.05) is 25.1 Å². The minimum absolute atomic E-state index is 0.122. The van der Waals surface area contributed by atoms with E-state index < -0.39 is 0 Å². The first-order chi connectivity index (χ1) is 12.5. The zero-order chi connectivity index (χ0) is 18.9. The molecule has 1 N–H and O–H groups in total. The summed E-state index contributed by atoms with van der Waals surface area (Å²) in [5, 5.41) is 11.7. The summed E-state index contributed by atoms with van der Waals surface area (Å²) < 4.78 is 5.57. The Kier molecular flexibility index (Phi) is 6.75. The van der Waals surface area contributed by atoms with E-state index in [1.165, 1.54) is 11.8 Å². The molecule has 2 aromatic rings. The predicted molar refractivity (Wildman–Crippen MR) is 100 cm³/mol. The van der Waals surface area contributed by atoms with E-state index in [1.54, 1.807) is 36.4 Å². The molecule has 0 spiro atoms. The van der Waals surface area contributed by atoms with Gasteiger partial charge in [-0.1, -0.05) is 18.2 Å². The molecule has 0 aliphatic rings. The van der Waals surface area contributed by atoms with Crippen LogP contribution in [-0.2, 0) is 9.59 Å². The lowest BCUT2D eigenvalue weighted by Gasteiger charge is -2.23. The summed E-state index contributed by atoms with van der Waals surface area (Å²) >= 11 is 0. The fourth-order valence-electron chi connectivity index (χ4n) is 2.51. The van der Waals surface area contributed by atoms with E-state index in [9.17, 15) is 9.59 Å². The minimum Gasteiger partial charge on any atom is -0.492 e. The quantitative estimate of drug-likeness (QED) is 0.829. The van der Waals surface area contributed by atoms with E-state index >= 15 is 0 Å². The molecule has 26 heavy (non-hydrogen) atoms. The zero-order valence-electron chi connectivity index (χ0n) is 14.9. The number of hydrogen-bond donors (Lipinski definition) is 1. The Balaban J connectivity index is 2.06. The van der Waals surface area contributed by atoms with Crippen molar-refractivity contribution in [2.75, 3.05) is 23.4 Å². The summed E-state index contributed by atoms with van der Waals surface area (Å²) in [5.41, 5.74) is 1.66. The molecule has 2 amide bonds. The van der Waals surface area contributed by atoms with E-state index in [0.29, 0.717) is 29.3 Å². The summed E-state index contributed by atoms with van der Waals surface area (Å²) in [7, 11) is 0. The van der Waals surface area contributed by atoms with Crippen LogP contribution in [0.3, 0.4) is 0 Å². The summed E-state index contributed by atoms with van der Waals surface area (Å²) in [5.74, 6) is 0.198. The second-order valence-corrected chi connectivity index (χ2v) is 5.56. The van der Waals surface area contributed by atoms with Crippen molar-refractivity contribution in [3.05, 3.63) is 54.1 Å². The highest BCUT2D eigenvalue weighted by Crippen LogP contribution is 2.28. The molecule has 0 heterocycles. The summed E-state index contributed by atoms with van der Waals surface area (Å²) in [6.45, 7) is 4.04. The topological polar surface area (TPSA) is 82.4 Å². The Hall–Kier alpha value is -3.33. The van der Waals surface area contributed by atoms with Gasteiger partial charge in [0.25, 0.3) is 0 Å². The number of para-hydroxylation sites is 2. The van der Waals surface area contributed by atoms with Crippen LogP contribution in [0.15, 0.2) is 48.5 Å². The summed E-state index contributed by atoms with van der Waals surface area (Å²) in [4.78, 5) is 25.8. The van der Waals surface area contributed by atoms with E-state index in [-0.39, 0.29) is 24.8 Å². The Labute approximate surface area is 153 Å². The van der Waals surface area contributed by atoms with Gasteiger partial charge in [0, 0.05) is 25.6 Å². The van der Waals surface area contributed by atoms with Gasteiger partial charge in [0.15, 0.2) is 0 Å². The molecule has 0 aliphatic heterocycles. The van der Waals surface area contributed by atoms with Crippen molar-refractivity contribution in [3.8, 4) is 11.8 Å². The highest BCUT2D eigenvalue weighted by Gasteiger charge is 2.17. The molecule has 0 atom stereocenters. The van der Waals surface area contributed by atoms with Crippen molar-refractivity contribution < 1.29 is 14.3 Å². The van der Waals surface area contributed by atoms with Gasteiger partial charge in [-0.2, -0.15) is 5.26 Å². The van der Waals surface area contributed by atoms with Crippen LogP contribution in [0.25, 0.3) is 0 Å². The molecule has 0 aliphatic carbocycles. The number of benzene rings is 2. The molecule has 6 nitrogen and oxygen atoms in total. The van der Waals surface area contributed by atoms with Crippen LogP contribution in [0.5, 0.6) is 5.75 Å². The molecule has 0 fully saturated rings. The molecular weight excluding hydrogens is 330 g/mol. The van der Waals surface area contributed by atoms with Crippen molar-refractivity contribution in [1.29, 1.82) is 5.26 Å². The Morgan fingerprint density at radius 2 is 1.96 bits per heavy atom. The fourth-order valence-corrected chi connectivity index (χ4v) is 2.51. The molecule has 0 bridgehead atoms. The number of ether oxygens (including phenoxy) is 1. The lowest BCUT2D eigenvalue weighted by atomic mass is 10.2. The largest absolute Gasteiger partial charge is 0.492 e. The molecule has 0 saturated heterocycles. The molecule has 2 rings (SSSR count). The fraction of sp³-hybridized carbons (Fsp3) is 0.250. The second kappa shape index (κ2) is 9.23. The number of rotatable bonds is 7. The van der Waals surface area contributed by atoms with Crippen LogP contribution in [0, 0.1) is 11.3 Å². The van der Waals surface area contributed by atoms with Gasteiger partial charge in [0.05, 0.1) is 23.9 Å². The molecule has 2 aromatic carbocycles. The number of nitrogens with zero attached hydrogens (tertiary/aromatic N) is 2. The normalized spacial score (nSPS) is 9.88. The molecule has 0 unspecified atom stereocenters. The van der Waals surface area contributed by atoms with Crippen molar-refractivity contribution in [2.45, 2.75) is 20.3 Å².